The molecule has 2 aromatic rings. The van der Waals surface area contributed by atoms with Crippen molar-refractivity contribution in [2.45, 2.75) is 26.4 Å². The zero-order chi connectivity index (χ0) is 14.9. The molecule has 0 bridgehead atoms. The van der Waals surface area contributed by atoms with Gasteiger partial charge in [0.15, 0.2) is 0 Å². The molecule has 0 spiro atoms. The van der Waals surface area contributed by atoms with Crippen LogP contribution in [0.1, 0.15) is 31.0 Å². The summed E-state index contributed by atoms with van der Waals surface area (Å²) in [6, 6.07) is 4.43. The molecule has 0 radical (unpaired) electrons. The van der Waals surface area contributed by atoms with Crippen LogP contribution in [0.5, 0.6) is 0 Å². The number of aromatic nitrogens is 1. The predicted octanol–water partition coefficient (Wildman–Crippen LogP) is 4.23. The lowest BCUT2D eigenvalue weighted by Gasteiger charge is -2.13. The van der Waals surface area contributed by atoms with Crippen LogP contribution in [0.15, 0.2) is 35.1 Å². The molecular formula is C15H17BrF2N2. The number of nitrogens with two attached hydrogens (primary N) is 1. The fourth-order valence-electron chi connectivity index (χ4n) is 2.04. The van der Waals surface area contributed by atoms with Crippen molar-refractivity contribution in [2.24, 2.45) is 11.7 Å². The topological polar surface area (TPSA) is 30.9 Å². The summed E-state index contributed by atoms with van der Waals surface area (Å²) in [7, 11) is 0. The van der Waals surface area contributed by atoms with Crippen molar-refractivity contribution in [3.05, 3.63) is 57.8 Å². The summed E-state index contributed by atoms with van der Waals surface area (Å²) in [4.78, 5) is 0. The zero-order valence-electron chi connectivity index (χ0n) is 11.4. The van der Waals surface area contributed by atoms with E-state index in [1.165, 1.54) is 12.1 Å². The first kappa shape index (κ1) is 15.2. The Morgan fingerprint density at radius 2 is 1.95 bits per heavy atom. The Bertz CT molecular complexity index is 608. The minimum atomic E-state index is -0.562. The molecule has 1 aromatic carbocycles. The minimum Gasteiger partial charge on any atom is -0.349 e. The number of hydrogen-bond acceptors (Lipinski definition) is 1. The monoisotopic (exact) mass is 342 g/mol. The third-order valence-corrected chi connectivity index (χ3v) is 3.97. The number of halogens is 3. The third kappa shape index (κ3) is 3.10. The summed E-state index contributed by atoms with van der Waals surface area (Å²) in [6.07, 6.45) is 3.63. The van der Waals surface area contributed by atoms with Gasteiger partial charge in [-0.1, -0.05) is 13.8 Å². The molecule has 0 aliphatic carbocycles. The first-order chi connectivity index (χ1) is 9.40. The van der Waals surface area contributed by atoms with E-state index in [-0.39, 0.29) is 22.6 Å². The van der Waals surface area contributed by atoms with Crippen LogP contribution in [0.4, 0.5) is 8.78 Å². The molecule has 2 rings (SSSR count). The SMILES string of the molecule is CC(C)C(N)c1ccn(Cc2c(F)ccc(Br)c2F)c1. The van der Waals surface area contributed by atoms with Gasteiger partial charge in [-0.25, -0.2) is 8.78 Å². The van der Waals surface area contributed by atoms with Gasteiger partial charge < -0.3 is 10.3 Å². The molecule has 0 aliphatic rings. The van der Waals surface area contributed by atoms with Crippen LogP contribution in [0.25, 0.3) is 0 Å². The molecule has 20 heavy (non-hydrogen) atoms. The van der Waals surface area contributed by atoms with E-state index in [1.807, 2.05) is 26.1 Å². The molecule has 1 unspecified atom stereocenters. The lowest BCUT2D eigenvalue weighted by molar-refractivity contribution is 0.512. The van der Waals surface area contributed by atoms with E-state index in [2.05, 4.69) is 15.9 Å². The Morgan fingerprint density at radius 1 is 1.25 bits per heavy atom. The lowest BCUT2D eigenvalue weighted by atomic mass is 10.00. The molecule has 5 heteroatoms. The highest BCUT2D eigenvalue weighted by Crippen LogP contribution is 2.24. The summed E-state index contributed by atoms with van der Waals surface area (Å²) in [6.45, 7) is 4.22. The van der Waals surface area contributed by atoms with E-state index in [4.69, 9.17) is 5.73 Å². The first-order valence-corrected chi connectivity index (χ1v) is 7.23. The molecule has 0 saturated carbocycles. The highest BCUT2D eigenvalue weighted by molar-refractivity contribution is 9.10. The van der Waals surface area contributed by atoms with Gasteiger partial charge in [0.25, 0.3) is 0 Å². The molecule has 0 amide bonds. The lowest BCUT2D eigenvalue weighted by Crippen LogP contribution is -2.16. The second-order valence-electron chi connectivity index (χ2n) is 5.21. The van der Waals surface area contributed by atoms with E-state index >= 15 is 0 Å². The fraction of sp³-hybridized carbons (Fsp3) is 0.333. The second-order valence-corrected chi connectivity index (χ2v) is 6.06. The van der Waals surface area contributed by atoms with Gasteiger partial charge in [-0.3, -0.25) is 0 Å². The van der Waals surface area contributed by atoms with Crippen LogP contribution >= 0.6 is 15.9 Å². The molecule has 108 valence electrons. The van der Waals surface area contributed by atoms with Crippen molar-refractivity contribution in [3.63, 3.8) is 0 Å². The molecule has 1 heterocycles. The van der Waals surface area contributed by atoms with Gasteiger partial charge in [0.1, 0.15) is 11.6 Å². The Labute approximate surface area is 125 Å². The number of hydrogen-bond donors (Lipinski definition) is 1. The van der Waals surface area contributed by atoms with Crippen molar-refractivity contribution >= 4 is 15.9 Å². The predicted molar refractivity (Wildman–Crippen MR) is 79.4 cm³/mol. The summed E-state index contributed by atoms with van der Waals surface area (Å²) in [5, 5.41) is 0. The molecule has 2 nitrogen and oxygen atoms in total. The number of nitrogens with zero attached hydrogens (tertiary/aromatic N) is 1. The van der Waals surface area contributed by atoms with Crippen LogP contribution < -0.4 is 5.73 Å². The molecule has 1 aromatic heterocycles. The molecular weight excluding hydrogens is 326 g/mol. The van der Waals surface area contributed by atoms with Crippen LogP contribution in [-0.4, -0.2) is 4.57 Å². The van der Waals surface area contributed by atoms with Gasteiger partial charge in [-0.05, 0) is 45.6 Å². The Balaban J connectivity index is 2.26. The maximum atomic E-state index is 13.9. The van der Waals surface area contributed by atoms with Crippen molar-refractivity contribution < 1.29 is 8.78 Å². The summed E-state index contributed by atoms with van der Waals surface area (Å²) < 4.78 is 29.6. The fourth-order valence-corrected chi connectivity index (χ4v) is 2.41. The standard InChI is InChI=1S/C15H17BrF2N2/c1-9(2)15(19)10-5-6-20(7-10)8-11-13(17)4-3-12(16)14(11)18/h3-7,9,15H,8,19H2,1-2H3. The largest absolute Gasteiger partial charge is 0.349 e. The summed E-state index contributed by atoms with van der Waals surface area (Å²) in [5.74, 6) is -0.798. The van der Waals surface area contributed by atoms with E-state index < -0.39 is 11.6 Å². The summed E-state index contributed by atoms with van der Waals surface area (Å²) >= 11 is 3.07. The van der Waals surface area contributed by atoms with Crippen LogP contribution in [-0.2, 0) is 6.54 Å². The van der Waals surface area contributed by atoms with Crippen LogP contribution in [0.3, 0.4) is 0 Å². The van der Waals surface area contributed by atoms with Crippen molar-refractivity contribution in [1.29, 1.82) is 0 Å². The second kappa shape index (κ2) is 6.06. The highest BCUT2D eigenvalue weighted by atomic mass is 79.9. The maximum absolute atomic E-state index is 13.9. The van der Waals surface area contributed by atoms with E-state index in [0.717, 1.165) is 5.56 Å². The normalized spacial score (nSPS) is 12.9. The van der Waals surface area contributed by atoms with Gasteiger partial charge >= 0.3 is 0 Å². The van der Waals surface area contributed by atoms with E-state index in [0.29, 0.717) is 5.92 Å². The number of rotatable bonds is 4. The van der Waals surface area contributed by atoms with Gasteiger partial charge in [0, 0.05) is 24.0 Å². The van der Waals surface area contributed by atoms with E-state index in [1.54, 1.807) is 10.8 Å². The van der Waals surface area contributed by atoms with Gasteiger partial charge in [-0.15, -0.1) is 0 Å². The van der Waals surface area contributed by atoms with Crippen molar-refractivity contribution in [2.75, 3.05) is 0 Å². The maximum Gasteiger partial charge on any atom is 0.145 e. The quantitative estimate of drug-likeness (QED) is 0.828. The first-order valence-electron chi connectivity index (χ1n) is 6.43. The highest BCUT2D eigenvalue weighted by Gasteiger charge is 2.15. The smallest absolute Gasteiger partial charge is 0.145 e. The Hall–Kier alpha value is -1.20. The Kier molecular flexibility index (Phi) is 4.60. The molecule has 0 fully saturated rings. The third-order valence-electron chi connectivity index (χ3n) is 3.36. The molecule has 0 saturated heterocycles. The molecule has 2 N–H and O–H groups in total. The zero-order valence-corrected chi connectivity index (χ0v) is 13.0. The van der Waals surface area contributed by atoms with Crippen LogP contribution in [0.2, 0.25) is 0 Å². The molecule has 1 atom stereocenters. The average Bonchev–Trinajstić information content (AvgIpc) is 2.86. The number of benzene rings is 1. The Morgan fingerprint density at radius 3 is 2.60 bits per heavy atom. The van der Waals surface area contributed by atoms with E-state index in [9.17, 15) is 8.78 Å². The van der Waals surface area contributed by atoms with Gasteiger partial charge in [-0.2, -0.15) is 0 Å². The average molecular weight is 343 g/mol. The van der Waals surface area contributed by atoms with Crippen molar-refractivity contribution in [1.82, 2.24) is 4.57 Å². The van der Waals surface area contributed by atoms with Crippen molar-refractivity contribution in [3.8, 4) is 0 Å². The van der Waals surface area contributed by atoms with Gasteiger partial charge in [0.2, 0.25) is 0 Å². The minimum absolute atomic E-state index is 0.0413. The summed E-state index contributed by atoms with van der Waals surface area (Å²) in [5.41, 5.74) is 7.07. The molecule has 0 aliphatic heterocycles. The van der Waals surface area contributed by atoms with Gasteiger partial charge in [0.05, 0.1) is 11.0 Å². The van der Waals surface area contributed by atoms with Crippen LogP contribution in [0, 0.1) is 17.6 Å².